The van der Waals surface area contributed by atoms with Crippen LogP contribution in [0.25, 0.3) is 0 Å². The summed E-state index contributed by atoms with van der Waals surface area (Å²) in [7, 11) is 1.73. The Morgan fingerprint density at radius 2 is 1.90 bits per heavy atom. The standard InChI is InChI=1S/C17H22ClNOS/c1-20-8-7-19-12-16(11-15-6-9-21-13-15)10-14-2-4-17(18)5-3-14/h2-6,9,13,16,19H,7-8,10-12H2,1H3. The summed E-state index contributed by atoms with van der Waals surface area (Å²) in [5.41, 5.74) is 2.76. The summed E-state index contributed by atoms with van der Waals surface area (Å²) in [5.74, 6) is 0.581. The van der Waals surface area contributed by atoms with Crippen LogP contribution in [0.15, 0.2) is 41.1 Å². The quantitative estimate of drug-likeness (QED) is 0.703. The van der Waals surface area contributed by atoms with Crippen molar-refractivity contribution in [3.8, 4) is 0 Å². The number of methoxy groups -OCH3 is 1. The highest BCUT2D eigenvalue weighted by Crippen LogP contribution is 2.18. The van der Waals surface area contributed by atoms with E-state index < -0.39 is 0 Å². The Hall–Kier alpha value is -0.870. The lowest BCUT2D eigenvalue weighted by Gasteiger charge is -2.17. The Bertz CT molecular complexity index is 498. The molecule has 0 fully saturated rings. The molecule has 0 radical (unpaired) electrons. The molecular weight excluding hydrogens is 302 g/mol. The number of benzene rings is 1. The fourth-order valence-corrected chi connectivity index (χ4v) is 3.20. The van der Waals surface area contributed by atoms with Gasteiger partial charge < -0.3 is 10.1 Å². The van der Waals surface area contributed by atoms with E-state index in [4.69, 9.17) is 16.3 Å². The predicted molar refractivity (Wildman–Crippen MR) is 91.4 cm³/mol. The monoisotopic (exact) mass is 323 g/mol. The van der Waals surface area contributed by atoms with Gasteiger partial charge in [0.1, 0.15) is 0 Å². The molecule has 1 aromatic carbocycles. The van der Waals surface area contributed by atoms with Crippen molar-refractivity contribution in [3.05, 3.63) is 57.2 Å². The van der Waals surface area contributed by atoms with Crippen molar-refractivity contribution in [1.29, 1.82) is 0 Å². The van der Waals surface area contributed by atoms with E-state index in [1.807, 2.05) is 12.1 Å². The summed E-state index contributed by atoms with van der Waals surface area (Å²) in [4.78, 5) is 0. The molecule has 0 bridgehead atoms. The van der Waals surface area contributed by atoms with Crippen molar-refractivity contribution in [1.82, 2.24) is 5.32 Å². The van der Waals surface area contributed by atoms with Gasteiger partial charge in [0.2, 0.25) is 0 Å². The van der Waals surface area contributed by atoms with E-state index in [1.54, 1.807) is 18.4 Å². The molecule has 2 aromatic rings. The number of hydrogen-bond donors (Lipinski definition) is 1. The number of hydrogen-bond acceptors (Lipinski definition) is 3. The summed E-state index contributed by atoms with van der Waals surface area (Å²) < 4.78 is 5.09. The lowest BCUT2D eigenvalue weighted by atomic mass is 9.93. The number of halogens is 1. The second-order valence-corrected chi connectivity index (χ2v) is 6.45. The van der Waals surface area contributed by atoms with E-state index in [1.165, 1.54) is 11.1 Å². The summed E-state index contributed by atoms with van der Waals surface area (Å²) >= 11 is 7.72. The molecule has 1 atom stereocenters. The first kappa shape index (κ1) is 16.5. The van der Waals surface area contributed by atoms with Gasteiger partial charge >= 0.3 is 0 Å². The summed E-state index contributed by atoms with van der Waals surface area (Å²) in [6.07, 6.45) is 2.17. The minimum atomic E-state index is 0.581. The van der Waals surface area contributed by atoms with Crippen molar-refractivity contribution >= 4 is 22.9 Å². The predicted octanol–water partition coefficient (Wildman–Crippen LogP) is 4.04. The molecule has 0 aliphatic heterocycles. The normalized spacial score (nSPS) is 12.5. The molecule has 2 nitrogen and oxygen atoms in total. The van der Waals surface area contributed by atoms with E-state index in [0.717, 1.165) is 37.6 Å². The average Bonchev–Trinajstić information content (AvgIpc) is 2.99. The summed E-state index contributed by atoms with van der Waals surface area (Å²) in [5, 5.41) is 8.67. The Morgan fingerprint density at radius 3 is 2.57 bits per heavy atom. The second kappa shape index (κ2) is 9.21. The SMILES string of the molecule is COCCNCC(Cc1ccc(Cl)cc1)Cc1ccsc1. The van der Waals surface area contributed by atoms with Gasteiger partial charge in [0.05, 0.1) is 6.61 Å². The van der Waals surface area contributed by atoms with Crippen molar-refractivity contribution < 1.29 is 4.74 Å². The summed E-state index contributed by atoms with van der Waals surface area (Å²) in [6, 6.07) is 10.4. The minimum absolute atomic E-state index is 0.581. The second-order valence-electron chi connectivity index (χ2n) is 5.23. The zero-order valence-corrected chi connectivity index (χ0v) is 13.9. The lowest BCUT2D eigenvalue weighted by molar-refractivity contribution is 0.197. The number of rotatable bonds is 9. The van der Waals surface area contributed by atoms with Crippen LogP contribution in [0.2, 0.25) is 5.02 Å². The van der Waals surface area contributed by atoms with Crippen molar-refractivity contribution in [2.75, 3.05) is 26.8 Å². The van der Waals surface area contributed by atoms with E-state index >= 15 is 0 Å². The minimum Gasteiger partial charge on any atom is -0.383 e. The molecule has 1 aromatic heterocycles. The van der Waals surface area contributed by atoms with Crippen LogP contribution in [-0.4, -0.2) is 26.8 Å². The van der Waals surface area contributed by atoms with Crippen LogP contribution >= 0.6 is 22.9 Å². The van der Waals surface area contributed by atoms with Gasteiger partial charge in [-0.3, -0.25) is 0 Å². The zero-order chi connectivity index (χ0) is 14.9. The fourth-order valence-electron chi connectivity index (χ4n) is 2.39. The highest BCUT2D eigenvalue weighted by molar-refractivity contribution is 7.07. The molecule has 114 valence electrons. The van der Waals surface area contributed by atoms with Crippen LogP contribution < -0.4 is 5.32 Å². The maximum Gasteiger partial charge on any atom is 0.0587 e. The van der Waals surface area contributed by atoms with Crippen LogP contribution in [0, 0.1) is 5.92 Å². The molecule has 2 rings (SSSR count). The highest BCUT2D eigenvalue weighted by Gasteiger charge is 2.11. The number of thiophene rings is 1. The number of nitrogens with one attached hydrogen (secondary N) is 1. The van der Waals surface area contributed by atoms with E-state index in [2.05, 4.69) is 34.3 Å². The fraction of sp³-hybridized carbons (Fsp3) is 0.412. The van der Waals surface area contributed by atoms with Gasteiger partial charge in [-0.05, 0) is 65.4 Å². The third kappa shape index (κ3) is 6.18. The molecule has 0 saturated carbocycles. The lowest BCUT2D eigenvalue weighted by Crippen LogP contribution is -2.28. The van der Waals surface area contributed by atoms with Crippen LogP contribution in [0.4, 0.5) is 0 Å². The Kier molecular flexibility index (Phi) is 7.24. The van der Waals surface area contributed by atoms with E-state index in [-0.39, 0.29) is 0 Å². The van der Waals surface area contributed by atoms with E-state index in [0.29, 0.717) is 5.92 Å². The topological polar surface area (TPSA) is 21.3 Å². The van der Waals surface area contributed by atoms with Gasteiger partial charge in [-0.2, -0.15) is 11.3 Å². The molecule has 0 aliphatic carbocycles. The van der Waals surface area contributed by atoms with E-state index in [9.17, 15) is 0 Å². The van der Waals surface area contributed by atoms with Crippen LogP contribution in [0.1, 0.15) is 11.1 Å². The third-order valence-corrected chi connectivity index (χ3v) is 4.44. The highest BCUT2D eigenvalue weighted by atomic mass is 35.5. The maximum atomic E-state index is 5.96. The number of ether oxygens (including phenoxy) is 1. The molecule has 4 heteroatoms. The molecule has 21 heavy (non-hydrogen) atoms. The molecule has 1 heterocycles. The Morgan fingerprint density at radius 1 is 1.14 bits per heavy atom. The van der Waals surface area contributed by atoms with Crippen molar-refractivity contribution in [3.63, 3.8) is 0 Å². The van der Waals surface area contributed by atoms with Gasteiger partial charge in [0.25, 0.3) is 0 Å². The van der Waals surface area contributed by atoms with Crippen LogP contribution in [0.5, 0.6) is 0 Å². The maximum absolute atomic E-state index is 5.96. The smallest absolute Gasteiger partial charge is 0.0587 e. The molecule has 0 spiro atoms. The Labute approximate surface area is 136 Å². The van der Waals surface area contributed by atoms with Gasteiger partial charge in [-0.1, -0.05) is 23.7 Å². The largest absolute Gasteiger partial charge is 0.383 e. The zero-order valence-electron chi connectivity index (χ0n) is 12.3. The molecule has 0 amide bonds. The van der Waals surface area contributed by atoms with Crippen molar-refractivity contribution in [2.45, 2.75) is 12.8 Å². The van der Waals surface area contributed by atoms with Crippen LogP contribution in [-0.2, 0) is 17.6 Å². The first-order valence-electron chi connectivity index (χ1n) is 7.23. The van der Waals surface area contributed by atoms with Gasteiger partial charge in [0, 0.05) is 18.7 Å². The van der Waals surface area contributed by atoms with Gasteiger partial charge in [-0.15, -0.1) is 0 Å². The molecular formula is C17H22ClNOS. The van der Waals surface area contributed by atoms with Gasteiger partial charge in [-0.25, -0.2) is 0 Å². The van der Waals surface area contributed by atoms with Crippen LogP contribution in [0.3, 0.4) is 0 Å². The third-order valence-electron chi connectivity index (χ3n) is 3.46. The Balaban J connectivity index is 1.91. The molecule has 0 saturated heterocycles. The molecule has 1 N–H and O–H groups in total. The van der Waals surface area contributed by atoms with Crippen molar-refractivity contribution in [2.24, 2.45) is 5.92 Å². The molecule has 0 aliphatic rings. The summed E-state index contributed by atoms with van der Waals surface area (Å²) in [6.45, 7) is 2.66. The first-order valence-corrected chi connectivity index (χ1v) is 8.55. The average molecular weight is 324 g/mol. The molecule has 1 unspecified atom stereocenters. The first-order chi connectivity index (χ1) is 10.3. The van der Waals surface area contributed by atoms with Gasteiger partial charge in [0.15, 0.2) is 0 Å².